The highest BCUT2D eigenvalue weighted by molar-refractivity contribution is 6.30. The predicted octanol–water partition coefficient (Wildman–Crippen LogP) is 3.58. The number of nitro groups is 1. The van der Waals surface area contributed by atoms with E-state index >= 15 is 0 Å². The molecule has 2 aromatic rings. The van der Waals surface area contributed by atoms with Crippen molar-refractivity contribution < 1.29 is 28.4 Å². The average molecular weight is 397 g/mol. The third-order valence-corrected chi connectivity index (χ3v) is 3.69. The first-order valence-corrected chi connectivity index (χ1v) is 7.90. The summed E-state index contributed by atoms with van der Waals surface area (Å²) in [6.07, 6.45) is -1.31. The molecule has 0 aromatic heterocycles. The minimum atomic E-state index is -1.31. The van der Waals surface area contributed by atoms with Gasteiger partial charge < -0.3 is 14.8 Å². The molecule has 1 amide bonds. The van der Waals surface area contributed by atoms with Crippen LogP contribution in [0, 0.1) is 15.9 Å². The zero-order valence-corrected chi connectivity index (χ0v) is 15.0. The molecule has 0 radical (unpaired) electrons. The molecule has 0 spiro atoms. The van der Waals surface area contributed by atoms with Crippen LogP contribution in [0.1, 0.15) is 17.3 Å². The first-order valence-electron chi connectivity index (χ1n) is 7.52. The Balaban J connectivity index is 2.12. The van der Waals surface area contributed by atoms with E-state index in [0.29, 0.717) is 0 Å². The lowest BCUT2D eigenvalue weighted by Crippen LogP contribution is -2.30. The van der Waals surface area contributed by atoms with Crippen molar-refractivity contribution in [3.8, 4) is 5.75 Å². The lowest BCUT2D eigenvalue weighted by atomic mass is 10.2. The van der Waals surface area contributed by atoms with Crippen LogP contribution in [0.3, 0.4) is 0 Å². The number of esters is 1. The van der Waals surface area contributed by atoms with Gasteiger partial charge in [-0.15, -0.1) is 0 Å². The van der Waals surface area contributed by atoms with Gasteiger partial charge in [-0.1, -0.05) is 11.6 Å². The third kappa shape index (κ3) is 4.91. The highest BCUT2D eigenvalue weighted by Crippen LogP contribution is 2.29. The molecule has 0 aliphatic heterocycles. The van der Waals surface area contributed by atoms with E-state index < -0.39 is 28.7 Å². The second kappa shape index (κ2) is 8.45. The van der Waals surface area contributed by atoms with Gasteiger partial charge in [-0.05, 0) is 31.2 Å². The summed E-state index contributed by atoms with van der Waals surface area (Å²) in [6.45, 7) is 1.27. The Bertz CT molecular complexity index is 905. The fourth-order valence-corrected chi connectivity index (χ4v) is 2.23. The molecule has 0 fully saturated rings. The van der Waals surface area contributed by atoms with Gasteiger partial charge in [0.15, 0.2) is 6.10 Å². The maximum absolute atomic E-state index is 13.8. The van der Waals surface area contributed by atoms with Crippen molar-refractivity contribution >= 4 is 34.9 Å². The summed E-state index contributed by atoms with van der Waals surface area (Å²) in [5.74, 6) is -2.55. The lowest BCUT2D eigenvalue weighted by Gasteiger charge is -2.15. The van der Waals surface area contributed by atoms with Crippen LogP contribution in [0.5, 0.6) is 5.75 Å². The molecule has 2 rings (SSSR count). The van der Waals surface area contributed by atoms with Crippen LogP contribution in [0.4, 0.5) is 15.8 Å². The second-order valence-corrected chi connectivity index (χ2v) is 5.74. The van der Waals surface area contributed by atoms with Gasteiger partial charge in [0.1, 0.15) is 11.6 Å². The molecule has 0 saturated carbocycles. The molecule has 10 heteroatoms. The zero-order chi connectivity index (χ0) is 20.1. The van der Waals surface area contributed by atoms with E-state index in [0.717, 1.165) is 18.2 Å². The molecule has 2 aromatic carbocycles. The van der Waals surface area contributed by atoms with E-state index in [1.807, 2.05) is 0 Å². The zero-order valence-electron chi connectivity index (χ0n) is 14.2. The average Bonchev–Trinajstić information content (AvgIpc) is 2.61. The number of carbonyl (C=O) groups is 2. The summed E-state index contributed by atoms with van der Waals surface area (Å²) in [6, 6.07) is 7.00. The van der Waals surface area contributed by atoms with E-state index in [9.17, 15) is 24.1 Å². The first kappa shape index (κ1) is 20.1. The normalized spacial score (nSPS) is 11.4. The summed E-state index contributed by atoms with van der Waals surface area (Å²) in [5.41, 5.74) is -0.622. The van der Waals surface area contributed by atoms with Crippen LogP contribution >= 0.6 is 11.6 Å². The maximum atomic E-state index is 13.8. The number of nitro benzene ring substituents is 1. The number of anilines is 1. The number of methoxy groups -OCH3 is 1. The number of rotatable bonds is 6. The highest BCUT2D eigenvalue weighted by atomic mass is 35.5. The number of carbonyl (C=O) groups excluding carboxylic acids is 2. The van der Waals surface area contributed by atoms with Crippen molar-refractivity contribution in [1.82, 2.24) is 0 Å². The Morgan fingerprint density at radius 1 is 1.26 bits per heavy atom. The van der Waals surface area contributed by atoms with Gasteiger partial charge in [0, 0.05) is 17.2 Å². The summed E-state index contributed by atoms with van der Waals surface area (Å²) in [5, 5.41) is 13.3. The molecule has 0 bridgehead atoms. The number of benzene rings is 2. The van der Waals surface area contributed by atoms with Crippen molar-refractivity contribution in [2.75, 3.05) is 12.4 Å². The largest absolute Gasteiger partial charge is 0.495 e. The van der Waals surface area contributed by atoms with Crippen molar-refractivity contribution in [2.24, 2.45) is 0 Å². The quantitative estimate of drug-likeness (QED) is 0.454. The summed E-state index contributed by atoms with van der Waals surface area (Å²) in [4.78, 5) is 34.5. The predicted molar refractivity (Wildman–Crippen MR) is 94.6 cm³/mol. The Labute approximate surface area is 158 Å². The number of hydrogen-bond acceptors (Lipinski definition) is 6. The van der Waals surface area contributed by atoms with E-state index in [1.54, 1.807) is 0 Å². The number of nitrogens with zero attached hydrogens (tertiary/aromatic N) is 1. The van der Waals surface area contributed by atoms with Gasteiger partial charge in [-0.3, -0.25) is 14.9 Å². The summed E-state index contributed by atoms with van der Waals surface area (Å²) < 4.78 is 23.7. The molecular weight excluding hydrogens is 383 g/mol. The number of ether oxygens (including phenoxy) is 2. The van der Waals surface area contributed by atoms with Gasteiger partial charge in [0.2, 0.25) is 0 Å². The van der Waals surface area contributed by atoms with Gasteiger partial charge in [0.05, 0.1) is 23.3 Å². The van der Waals surface area contributed by atoms with E-state index in [1.165, 1.54) is 32.2 Å². The first-order chi connectivity index (χ1) is 12.7. The van der Waals surface area contributed by atoms with Crippen LogP contribution in [0.2, 0.25) is 5.02 Å². The van der Waals surface area contributed by atoms with Crippen LogP contribution in [0.15, 0.2) is 36.4 Å². The summed E-state index contributed by atoms with van der Waals surface area (Å²) in [7, 11) is 1.32. The Morgan fingerprint density at radius 3 is 2.56 bits per heavy atom. The van der Waals surface area contributed by atoms with Crippen molar-refractivity contribution in [3.05, 3.63) is 62.9 Å². The molecule has 8 nitrogen and oxygen atoms in total. The van der Waals surface area contributed by atoms with Crippen LogP contribution in [0.25, 0.3) is 0 Å². The fraction of sp³-hybridized carbons (Fsp3) is 0.176. The molecule has 1 atom stereocenters. The van der Waals surface area contributed by atoms with Gasteiger partial charge in [-0.25, -0.2) is 9.18 Å². The SMILES string of the molecule is COc1ccc([N+](=O)[O-])cc1NC(=O)C(C)OC(=O)c1ccc(Cl)cc1F. The number of hydrogen-bond donors (Lipinski definition) is 1. The second-order valence-electron chi connectivity index (χ2n) is 5.30. The lowest BCUT2D eigenvalue weighted by molar-refractivity contribution is -0.384. The molecule has 27 heavy (non-hydrogen) atoms. The van der Waals surface area contributed by atoms with Gasteiger partial charge in [-0.2, -0.15) is 0 Å². The smallest absolute Gasteiger partial charge is 0.341 e. The number of halogens is 2. The van der Waals surface area contributed by atoms with Crippen molar-refractivity contribution in [2.45, 2.75) is 13.0 Å². The fourth-order valence-electron chi connectivity index (χ4n) is 2.07. The molecular formula is C17H14ClFN2O6. The maximum Gasteiger partial charge on any atom is 0.341 e. The number of nitrogens with one attached hydrogen (secondary N) is 1. The molecule has 1 N–H and O–H groups in total. The Hall–Kier alpha value is -3.20. The topological polar surface area (TPSA) is 108 Å². The highest BCUT2D eigenvalue weighted by Gasteiger charge is 2.23. The molecule has 0 aliphatic rings. The van der Waals surface area contributed by atoms with Gasteiger partial charge in [0.25, 0.3) is 11.6 Å². The van der Waals surface area contributed by atoms with Gasteiger partial charge >= 0.3 is 5.97 Å². The van der Waals surface area contributed by atoms with E-state index in [4.69, 9.17) is 21.1 Å². The van der Waals surface area contributed by atoms with Crippen LogP contribution in [-0.4, -0.2) is 30.0 Å². The third-order valence-electron chi connectivity index (χ3n) is 3.46. The van der Waals surface area contributed by atoms with Crippen LogP contribution in [-0.2, 0) is 9.53 Å². The Kier molecular flexibility index (Phi) is 6.30. The minimum Gasteiger partial charge on any atom is -0.495 e. The number of non-ortho nitro benzene ring substituents is 1. The van der Waals surface area contributed by atoms with Crippen LogP contribution < -0.4 is 10.1 Å². The standard InChI is InChI=1S/C17H14ClFN2O6/c1-9(27-17(23)12-5-3-10(18)7-13(12)19)16(22)20-14-8-11(21(24)25)4-6-15(14)26-2/h3-9H,1-2H3,(H,20,22). The Morgan fingerprint density at radius 2 is 1.96 bits per heavy atom. The number of amides is 1. The van der Waals surface area contributed by atoms with Crippen molar-refractivity contribution in [3.63, 3.8) is 0 Å². The monoisotopic (exact) mass is 396 g/mol. The van der Waals surface area contributed by atoms with E-state index in [-0.39, 0.29) is 27.7 Å². The molecule has 0 saturated heterocycles. The van der Waals surface area contributed by atoms with E-state index in [2.05, 4.69) is 5.32 Å². The molecule has 0 aliphatic carbocycles. The molecule has 142 valence electrons. The van der Waals surface area contributed by atoms with Crippen molar-refractivity contribution in [1.29, 1.82) is 0 Å². The molecule has 1 unspecified atom stereocenters. The summed E-state index contributed by atoms with van der Waals surface area (Å²) >= 11 is 5.62. The minimum absolute atomic E-state index is 0.0253. The molecule has 0 heterocycles.